The molecule has 1 N–H and O–H groups in total. The molecule has 0 amide bonds. The Morgan fingerprint density at radius 3 is 2.61 bits per heavy atom. The van der Waals surface area contributed by atoms with Crippen molar-refractivity contribution in [1.82, 2.24) is 19.4 Å². The van der Waals surface area contributed by atoms with Crippen LogP contribution in [0.3, 0.4) is 0 Å². The van der Waals surface area contributed by atoms with Crippen LogP contribution in [0, 0.1) is 0 Å². The largest absolute Gasteiger partial charge is 0.492 e. The van der Waals surface area contributed by atoms with Gasteiger partial charge in [-0.15, -0.1) is 11.3 Å². The zero-order valence-electron chi connectivity index (χ0n) is 22.0. The Morgan fingerprint density at radius 2 is 1.82 bits per heavy atom. The Balaban J connectivity index is 1.27. The highest BCUT2D eigenvalue weighted by atomic mass is 32.1. The predicted octanol–water partition coefficient (Wildman–Crippen LogP) is 6.54. The van der Waals surface area contributed by atoms with Crippen LogP contribution in [0.1, 0.15) is 25.5 Å². The summed E-state index contributed by atoms with van der Waals surface area (Å²) < 4.78 is 18.4. The van der Waals surface area contributed by atoms with E-state index in [-0.39, 0.29) is 6.10 Å². The molecule has 0 bridgehead atoms. The van der Waals surface area contributed by atoms with Gasteiger partial charge in [0.15, 0.2) is 5.82 Å². The predicted molar refractivity (Wildman–Crippen MR) is 155 cm³/mol. The number of benzene rings is 2. The Hall–Kier alpha value is -3.55. The summed E-state index contributed by atoms with van der Waals surface area (Å²) in [7, 11) is 2.13. The molecule has 0 saturated carbocycles. The fraction of sp³-hybridized carbons (Fsp3) is 0.323. The molecular formula is C31H34N4O2S. The van der Waals surface area contributed by atoms with Crippen molar-refractivity contribution in [2.45, 2.75) is 38.8 Å². The van der Waals surface area contributed by atoms with Gasteiger partial charge < -0.3 is 23.9 Å². The third-order valence-electron chi connectivity index (χ3n) is 7.33. The molecule has 0 spiro atoms. The van der Waals surface area contributed by atoms with E-state index in [0.29, 0.717) is 13.2 Å². The fourth-order valence-electron chi connectivity index (χ4n) is 5.37. The second-order valence-corrected chi connectivity index (χ2v) is 10.7. The summed E-state index contributed by atoms with van der Waals surface area (Å²) in [4.78, 5) is 5.23. The Kier molecular flexibility index (Phi) is 7.20. The first-order valence-corrected chi connectivity index (χ1v) is 14.4. The lowest BCUT2D eigenvalue weighted by molar-refractivity contribution is 0.161. The summed E-state index contributed by atoms with van der Waals surface area (Å²) in [5, 5.41) is 5.53. The van der Waals surface area contributed by atoms with E-state index in [1.165, 1.54) is 15.9 Å². The maximum atomic E-state index is 6.27. The number of ether oxygens (including phenoxy) is 2. The number of hydrogen-bond acceptors (Lipinski definition) is 5. The monoisotopic (exact) mass is 526 g/mol. The van der Waals surface area contributed by atoms with Gasteiger partial charge in [0.25, 0.3) is 0 Å². The third-order valence-corrected chi connectivity index (χ3v) is 8.18. The summed E-state index contributed by atoms with van der Waals surface area (Å²) in [5.41, 5.74) is 5.78. The molecule has 1 aliphatic heterocycles. The van der Waals surface area contributed by atoms with Crippen LogP contribution < -0.4 is 14.8 Å². The molecule has 2 aromatic carbocycles. The summed E-state index contributed by atoms with van der Waals surface area (Å²) >= 11 is 1.77. The zero-order chi connectivity index (χ0) is 25.9. The van der Waals surface area contributed by atoms with Gasteiger partial charge in [0.2, 0.25) is 0 Å². The van der Waals surface area contributed by atoms with Gasteiger partial charge in [0.1, 0.15) is 24.2 Å². The van der Waals surface area contributed by atoms with Crippen LogP contribution in [-0.2, 0) is 20.0 Å². The van der Waals surface area contributed by atoms with E-state index in [2.05, 4.69) is 76.3 Å². The first kappa shape index (κ1) is 24.8. The average molecular weight is 527 g/mol. The molecule has 4 heterocycles. The molecule has 1 aliphatic rings. The summed E-state index contributed by atoms with van der Waals surface area (Å²) in [5.74, 6) is 2.69. The van der Waals surface area contributed by atoms with Gasteiger partial charge in [-0.3, -0.25) is 0 Å². The minimum atomic E-state index is 0.267. The first-order chi connectivity index (χ1) is 18.7. The van der Waals surface area contributed by atoms with Crippen molar-refractivity contribution in [1.29, 1.82) is 0 Å². The fourth-order valence-corrected chi connectivity index (χ4v) is 6.22. The molecule has 6 rings (SSSR count). The van der Waals surface area contributed by atoms with Crippen molar-refractivity contribution in [3.8, 4) is 34.3 Å². The van der Waals surface area contributed by atoms with Crippen LogP contribution in [-0.4, -0.2) is 39.9 Å². The van der Waals surface area contributed by atoms with Crippen molar-refractivity contribution in [2.24, 2.45) is 7.05 Å². The van der Waals surface area contributed by atoms with Crippen LogP contribution in [0.25, 0.3) is 33.0 Å². The number of thiophene rings is 1. The van der Waals surface area contributed by atoms with Gasteiger partial charge in [-0.1, -0.05) is 43.3 Å². The Labute approximate surface area is 227 Å². The van der Waals surface area contributed by atoms with Crippen molar-refractivity contribution in [2.75, 3.05) is 19.7 Å². The summed E-state index contributed by atoms with van der Waals surface area (Å²) in [6, 6.07) is 23.0. The topological polar surface area (TPSA) is 53.2 Å². The number of nitrogens with zero attached hydrogens (tertiary/aromatic N) is 3. The number of aryl methyl sites for hydroxylation is 1. The Morgan fingerprint density at radius 1 is 1.00 bits per heavy atom. The highest BCUT2D eigenvalue weighted by Gasteiger charge is 2.22. The van der Waals surface area contributed by atoms with Crippen LogP contribution >= 0.6 is 11.3 Å². The lowest BCUT2D eigenvalue weighted by atomic mass is 10.1. The van der Waals surface area contributed by atoms with Crippen LogP contribution in [0.15, 0.2) is 72.1 Å². The molecule has 6 nitrogen and oxygen atoms in total. The van der Waals surface area contributed by atoms with Crippen LogP contribution in [0.2, 0.25) is 0 Å². The lowest BCUT2D eigenvalue weighted by Crippen LogP contribution is -2.34. The normalized spacial score (nSPS) is 14.3. The van der Waals surface area contributed by atoms with Crippen molar-refractivity contribution in [3.05, 3.63) is 77.8 Å². The number of aromatic nitrogens is 3. The second kappa shape index (κ2) is 11.1. The second-order valence-electron chi connectivity index (χ2n) is 9.75. The Bertz CT molecular complexity index is 1510. The number of nitrogens with one attached hydrogen (secondary N) is 1. The van der Waals surface area contributed by atoms with Crippen molar-refractivity contribution >= 4 is 21.6 Å². The van der Waals surface area contributed by atoms with Crippen LogP contribution in [0.5, 0.6) is 11.5 Å². The molecule has 1 fully saturated rings. The molecule has 3 aromatic heterocycles. The zero-order valence-corrected chi connectivity index (χ0v) is 22.8. The van der Waals surface area contributed by atoms with Crippen molar-refractivity contribution in [3.63, 3.8) is 0 Å². The van der Waals surface area contributed by atoms with Gasteiger partial charge in [0, 0.05) is 24.4 Å². The molecule has 0 aliphatic carbocycles. The standard InChI is InChI=1S/C31H34N4O2S/c1-3-26-30(22-8-5-4-6-9-22)33-31(28-21-29-27(34(28)2)14-19-38-29)35(26)17-18-36-24-10-7-11-25(20-24)37-23-12-15-32-16-13-23/h4-11,14,19-21,23,32H,3,12-13,15-18H2,1-2H3. The van der Waals surface area contributed by atoms with Crippen LogP contribution in [0.4, 0.5) is 0 Å². The lowest BCUT2D eigenvalue weighted by Gasteiger charge is -2.24. The minimum absolute atomic E-state index is 0.267. The number of fused-ring (bicyclic) bond motifs is 1. The van der Waals surface area contributed by atoms with Gasteiger partial charge >= 0.3 is 0 Å². The molecule has 0 radical (unpaired) electrons. The molecule has 196 valence electrons. The number of hydrogen-bond donors (Lipinski definition) is 1. The van der Waals surface area contributed by atoms with E-state index in [4.69, 9.17) is 14.5 Å². The van der Waals surface area contributed by atoms with E-state index in [0.717, 1.165) is 66.6 Å². The van der Waals surface area contributed by atoms with Crippen molar-refractivity contribution < 1.29 is 9.47 Å². The summed E-state index contributed by atoms with van der Waals surface area (Å²) in [6.07, 6.45) is 3.22. The maximum Gasteiger partial charge on any atom is 0.157 e. The molecular weight excluding hydrogens is 492 g/mol. The number of piperidine rings is 1. The quantitative estimate of drug-likeness (QED) is 0.237. The molecule has 0 atom stereocenters. The SMILES string of the molecule is CCc1c(-c2ccccc2)nc(-c2cc3sccc3n2C)n1CCOc1cccc(OC2CCNCC2)c1. The summed E-state index contributed by atoms with van der Waals surface area (Å²) in [6.45, 7) is 5.47. The molecule has 0 unspecified atom stereocenters. The number of rotatable bonds is 9. The van der Waals surface area contributed by atoms with E-state index in [1.807, 2.05) is 24.3 Å². The molecule has 1 saturated heterocycles. The average Bonchev–Trinajstić information content (AvgIpc) is 3.64. The van der Waals surface area contributed by atoms with E-state index >= 15 is 0 Å². The number of imidazole rings is 1. The smallest absolute Gasteiger partial charge is 0.157 e. The highest BCUT2D eigenvalue weighted by molar-refractivity contribution is 7.17. The van der Waals surface area contributed by atoms with Gasteiger partial charge in [-0.05, 0) is 62.0 Å². The minimum Gasteiger partial charge on any atom is -0.492 e. The van der Waals surface area contributed by atoms with Gasteiger partial charge in [-0.2, -0.15) is 0 Å². The maximum absolute atomic E-state index is 6.27. The van der Waals surface area contributed by atoms with Gasteiger partial charge in [-0.25, -0.2) is 4.98 Å². The van der Waals surface area contributed by atoms with E-state index in [9.17, 15) is 0 Å². The van der Waals surface area contributed by atoms with E-state index in [1.54, 1.807) is 11.3 Å². The molecule has 5 aromatic rings. The first-order valence-electron chi connectivity index (χ1n) is 13.5. The third kappa shape index (κ3) is 4.96. The molecule has 7 heteroatoms. The van der Waals surface area contributed by atoms with E-state index < -0.39 is 0 Å². The van der Waals surface area contributed by atoms with Gasteiger partial charge in [0.05, 0.1) is 28.1 Å². The molecule has 38 heavy (non-hydrogen) atoms. The highest BCUT2D eigenvalue weighted by Crippen LogP contribution is 2.34.